The molecule has 1 N–H and O–H groups in total. The topological polar surface area (TPSA) is 55.1 Å². The van der Waals surface area contributed by atoms with Crippen LogP contribution in [0.4, 0.5) is 0 Å². The minimum absolute atomic E-state index is 0.0142. The van der Waals surface area contributed by atoms with E-state index in [1.165, 1.54) is 0 Å². The van der Waals surface area contributed by atoms with Crippen molar-refractivity contribution in [2.24, 2.45) is 0 Å². The van der Waals surface area contributed by atoms with Gasteiger partial charge in [0.05, 0.1) is 11.6 Å². The van der Waals surface area contributed by atoms with E-state index in [4.69, 9.17) is 5.11 Å². The van der Waals surface area contributed by atoms with Crippen molar-refractivity contribution in [1.82, 2.24) is 9.78 Å². The van der Waals surface area contributed by atoms with E-state index in [1.54, 1.807) is 11.8 Å². The van der Waals surface area contributed by atoms with Crippen molar-refractivity contribution < 1.29 is 5.11 Å². The normalized spacial score (nSPS) is 14.4. The number of rotatable bonds is 2. The monoisotopic (exact) mass is 212 g/mol. The van der Waals surface area contributed by atoms with Gasteiger partial charge in [0.2, 0.25) is 5.43 Å². The molecule has 0 radical (unpaired) electrons. The zero-order valence-electron chi connectivity index (χ0n) is 7.99. The Bertz CT molecular complexity index is 414. The van der Waals surface area contributed by atoms with E-state index in [0.717, 1.165) is 22.9 Å². The maximum atomic E-state index is 11.7. The summed E-state index contributed by atoms with van der Waals surface area (Å²) < 4.78 is 1.87. The first kappa shape index (κ1) is 9.73. The highest BCUT2D eigenvalue weighted by Gasteiger charge is 2.18. The molecule has 76 valence electrons. The highest BCUT2D eigenvalue weighted by atomic mass is 32.2. The number of hydrogen-bond donors (Lipinski definition) is 1. The molecule has 1 aliphatic rings. The van der Waals surface area contributed by atoms with Gasteiger partial charge in [-0.2, -0.15) is 5.10 Å². The zero-order valence-corrected chi connectivity index (χ0v) is 8.80. The number of aliphatic hydroxyl groups is 1. The standard InChI is InChI=1S/C9H12N2O2S/c1-6-8(13)7(2-4-12)10-11-3-5-14-9(6)11/h12H,2-5H2,1H3. The van der Waals surface area contributed by atoms with Crippen molar-refractivity contribution in [3.05, 3.63) is 21.5 Å². The van der Waals surface area contributed by atoms with Crippen LogP contribution in [0.25, 0.3) is 0 Å². The molecular weight excluding hydrogens is 200 g/mol. The zero-order chi connectivity index (χ0) is 10.1. The van der Waals surface area contributed by atoms with Crippen LogP contribution in [-0.4, -0.2) is 27.2 Å². The van der Waals surface area contributed by atoms with Gasteiger partial charge in [-0.15, -0.1) is 11.8 Å². The number of aryl methyl sites for hydroxylation is 1. The van der Waals surface area contributed by atoms with Gasteiger partial charge in [0.25, 0.3) is 0 Å². The van der Waals surface area contributed by atoms with E-state index in [0.29, 0.717) is 12.1 Å². The molecule has 5 heteroatoms. The second-order valence-electron chi connectivity index (χ2n) is 3.25. The van der Waals surface area contributed by atoms with Gasteiger partial charge in [0.1, 0.15) is 5.69 Å². The van der Waals surface area contributed by atoms with Crippen molar-refractivity contribution in [2.45, 2.75) is 24.9 Å². The molecule has 1 aliphatic heterocycles. The smallest absolute Gasteiger partial charge is 0.207 e. The van der Waals surface area contributed by atoms with Crippen LogP contribution in [0.5, 0.6) is 0 Å². The van der Waals surface area contributed by atoms with Gasteiger partial charge in [-0.1, -0.05) is 0 Å². The molecule has 0 unspecified atom stereocenters. The Kier molecular flexibility index (Phi) is 2.60. The van der Waals surface area contributed by atoms with Crippen molar-refractivity contribution in [1.29, 1.82) is 0 Å². The van der Waals surface area contributed by atoms with Crippen LogP contribution in [0, 0.1) is 6.92 Å². The lowest BCUT2D eigenvalue weighted by atomic mass is 10.2. The Morgan fingerprint density at radius 2 is 2.43 bits per heavy atom. The Morgan fingerprint density at radius 3 is 3.14 bits per heavy atom. The summed E-state index contributed by atoms with van der Waals surface area (Å²) >= 11 is 1.67. The minimum atomic E-state index is -0.0197. The molecule has 2 heterocycles. The van der Waals surface area contributed by atoms with Crippen LogP contribution in [0.1, 0.15) is 11.3 Å². The molecule has 1 aromatic heterocycles. The van der Waals surface area contributed by atoms with Crippen molar-refractivity contribution >= 4 is 11.8 Å². The van der Waals surface area contributed by atoms with Crippen LogP contribution in [-0.2, 0) is 13.0 Å². The fourth-order valence-electron chi connectivity index (χ4n) is 1.58. The fourth-order valence-corrected chi connectivity index (χ4v) is 2.62. The van der Waals surface area contributed by atoms with Gasteiger partial charge in [-0.3, -0.25) is 9.48 Å². The summed E-state index contributed by atoms with van der Waals surface area (Å²) in [7, 11) is 0. The molecule has 1 aromatic rings. The molecule has 14 heavy (non-hydrogen) atoms. The maximum Gasteiger partial charge on any atom is 0.207 e. The van der Waals surface area contributed by atoms with E-state index in [2.05, 4.69) is 5.10 Å². The molecule has 0 saturated carbocycles. The van der Waals surface area contributed by atoms with Gasteiger partial charge < -0.3 is 5.11 Å². The first-order valence-corrected chi connectivity index (χ1v) is 5.57. The molecule has 0 bridgehead atoms. The quantitative estimate of drug-likeness (QED) is 0.760. The van der Waals surface area contributed by atoms with E-state index < -0.39 is 0 Å². The molecule has 0 aromatic carbocycles. The number of aliphatic hydroxyl groups excluding tert-OH is 1. The van der Waals surface area contributed by atoms with Gasteiger partial charge in [0.15, 0.2) is 0 Å². The number of hydrogen-bond acceptors (Lipinski definition) is 4. The lowest BCUT2D eigenvalue weighted by molar-refractivity contribution is 0.296. The third kappa shape index (κ3) is 1.46. The van der Waals surface area contributed by atoms with E-state index in [1.807, 2.05) is 11.6 Å². The number of thioether (sulfide) groups is 1. The molecule has 0 fully saturated rings. The summed E-state index contributed by atoms with van der Waals surface area (Å²) in [6.45, 7) is 2.67. The Balaban J connectivity index is 2.55. The van der Waals surface area contributed by atoms with Crippen LogP contribution in [0.3, 0.4) is 0 Å². The second kappa shape index (κ2) is 3.74. The Labute approximate surface area is 85.9 Å². The molecule has 0 aliphatic carbocycles. The minimum Gasteiger partial charge on any atom is -0.396 e. The van der Waals surface area contributed by atoms with Crippen LogP contribution in [0.15, 0.2) is 9.82 Å². The third-order valence-corrected chi connectivity index (χ3v) is 3.47. The summed E-state index contributed by atoms with van der Waals surface area (Å²) in [5.74, 6) is 0.982. The average molecular weight is 212 g/mol. The second-order valence-corrected chi connectivity index (χ2v) is 4.33. The van der Waals surface area contributed by atoms with E-state index in [9.17, 15) is 4.79 Å². The summed E-state index contributed by atoms with van der Waals surface area (Å²) in [5, 5.41) is 14.0. The molecule has 2 rings (SSSR count). The average Bonchev–Trinajstić information content (AvgIpc) is 2.62. The number of fused-ring (bicyclic) bond motifs is 1. The van der Waals surface area contributed by atoms with E-state index in [-0.39, 0.29) is 12.0 Å². The van der Waals surface area contributed by atoms with Gasteiger partial charge >= 0.3 is 0 Å². The lowest BCUT2D eigenvalue weighted by Crippen LogP contribution is -2.21. The number of aromatic nitrogens is 2. The summed E-state index contributed by atoms with van der Waals surface area (Å²) in [4.78, 5) is 11.7. The molecule has 0 atom stereocenters. The van der Waals surface area contributed by atoms with Crippen LogP contribution < -0.4 is 5.43 Å². The van der Waals surface area contributed by atoms with Crippen molar-refractivity contribution in [3.63, 3.8) is 0 Å². The van der Waals surface area contributed by atoms with Gasteiger partial charge in [0, 0.05) is 24.3 Å². The lowest BCUT2D eigenvalue weighted by Gasteiger charge is -2.06. The van der Waals surface area contributed by atoms with Crippen molar-refractivity contribution in [2.75, 3.05) is 12.4 Å². The highest BCUT2D eigenvalue weighted by molar-refractivity contribution is 7.99. The van der Waals surface area contributed by atoms with Gasteiger partial charge in [-0.05, 0) is 6.92 Å². The third-order valence-electron chi connectivity index (χ3n) is 2.29. The first-order chi connectivity index (χ1) is 6.74. The Morgan fingerprint density at radius 1 is 1.64 bits per heavy atom. The van der Waals surface area contributed by atoms with Crippen molar-refractivity contribution in [3.8, 4) is 0 Å². The maximum absolute atomic E-state index is 11.7. The summed E-state index contributed by atoms with van der Waals surface area (Å²) in [5.41, 5.74) is 1.24. The molecule has 4 nitrogen and oxygen atoms in total. The predicted molar refractivity (Wildman–Crippen MR) is 54.7 cm³/mol. The summed E-state index contributed by atoms with van der Waals surface area (Å²) in [6, 6.07) is 0. The molecule has 0 spiro atoms. The Hall–Kier alpha value is -0.810. The van der Waals surface area contributed by atoms with Crippen LogP contribution >= 0.6 is 11.8 Å². The SMILES string of the molecule is Cc1c2n(nc(CCO)c1=O)CCS2. The largest absolute Gasteiger partial charge is 0.396 e. The highest BCUT2D eigenvalue weighted by Crippen LogP contribution is 2.25. The predicted octanol–water partition coefficient (Wildman–Crippen LogP) is 0.192. The molecule has 0 amide bonds. The summed E-state index contributed by atoms with van der Waals surface area (Å²) in [6.07, 6.45) is 0.352. The van der Waals surface area contributed by atoms with Crippen LogP contribution in [0.2, 0.25) is 0 Å². The molecule has 0 saturated heterocycles. The number of nitrogens with zero attached hydrogens (tertiary/aromatic N) is 2. The first-order valence-electron chi connectivity index (χ1n) is 4.58. The van der Waals surface area contributed by atoms with E-state index >= 15 is 0 Å². The fraction of sp³-hybridized carbons (Fsp3) is 0.556. The van der Waals surface area contributed by atoms with Gasteiger partial charge in [-0.25, -0.2) is 0 Å². The molecular formula is C9H12N2O2S.